The smallest absolute Gasteiger partial charge is 0.305 e. The Labute approximate surface area is 91.0 Å². The van der Waals surface area contributed by atoms with Gasteiger partial charge < -0.3 is 10.1 Å². The van der Waals surface area contributed by atoms with Crippen LogP contribution in [0.15, 0.2) is 0 Å². The van der Waals surface area contributed by atoms with Gasteiger partial charge in [0.05, 0.1) is 7.11 Å². The summed E-state index contributed by atoms with van der Waals surface area (Å²) in [5, 5.41) is 3.38. The summed E-state index contributed by atoms with van der Waals surface area (Å²) in [7, 11) is 1.43. The molecule has 0 bridgehead atoms. The lowest BCUT2D eigenvalue weighted by molar-refractivity contribution is -0.140. The number of hydrogen-bond donors (Lipinski definition) is 1. The van der Waals surface area contributed by atoms with E-state index >= 15 is 0 Å². The molecule has 0 aliphatic heterocycles. The number of thioether (sulfide) groups is 1. The van der Waals surface area contributed by atoms with Crippen molar-refractivity contribution in [1.82, 2.24) is 5.32 Å². The van der Waals surface area contributed by atoms with Gasteiger partial charge in [0, 0.05) is 12.5 Å². The Morgan fingerprint density at radius 2 is 2.29 bits per heavy atom. The molecule has 84 valence electrons. The lowest BCUT2D eigenvalue weighted by Crippen LogP contribution is -2.27. The van der Waals surface area contributed by atoms with Crippen LogP contribution >= 0.6 is 11.8 Å². The van der Waals surface area contributed by atoms with E-state index in [-0.39, 0.29) is 5.97 Å². The van der Waals surface area contributed by atoms with Crippen LogP contribution in [0.3, 0.4) is 0 Å². The summed E-state index contributed by atoms with van der Waals surface area (Å²) in [4.78, 5) is 10.8. The number of carbonyl (C=O) groups excluding carboxylic acids is 1. The Hall–Kier alpha value is -0.220. The van der Waals surface area contributed by atoms with Crippen molar-refractivity contribution in [3.05, 3.63) is 0 Å². The Morgan fingerprint density at radius 1 is 1.57 bits per heavy atom. The summed E-state index contributed by atoms with van der Waals surface area (Å²) in [6.45, 7) is 3.07. The molecule has 14 heavy (non-hydrogen) atoms. The minimum Gasteiger partial charge on any atom is -0.469 e. The summed E-state index contributed by atoms with van der Waals surface area (Å²) >= 11 is 1.86. The third-order valence-electron chi connectivity index (χ3n) is 2.03. The van der Waals surface area contributed by atoms with Gasteiger partial charge in [0.1, 0.15) is 0 Å². The van der Waals surface area contributed by atoms with Crippen LogP contribution in [0.2, 0.25) is 0 Å². The Kier molecular flexibility index (Phi) is 9.19. The average Bonchev–Trinajstić information content (AvgIpc) is 2.21. The van der Waals surface area contributed by atoms with E-state index in [2.05, 4.69) is 23.2 Å². The minimum atomic E-state index is -0.122. The number of nitrogens with one attached hydrogen (secondary N) is 1. The van der Waals surface area contributed by atoms with E-state index < -0.39 is 0 Å². The topological polar surface area (TPSA) is 38.3 Å². The van der Waals surface area contributed by atoms with Crippen LogP contribution in [0.4, 0.5) is 0 Å². The van der Waals surface area contributed by atoms with Crippen LogP contribution in [-0.2, 0) is 9.53 Å². The molecule has 0 saturated heterocycles. The first-order valence-electron chi connectivity index (χ1n) is 4.99. The molecule has 0 aromatic carbocycles. The van der Waals surface area contributed by atoms with Gasteiger partial charge in [-0.15, -0.1) is 0 Å². The third-order valence-corrected chi connectivity index (χ3v) is 2.68. The molecule has 4 heteroatoms. The first-order chi connectivity index (χ1) is 6.70. The molecule has 0 saturated carbocycles. The predicted octanol–water partition coefficient (Wildman–Crippen LogP) is 1.67. The van der Waals surface area contributed by atoms with E-state index in [1.54, 1.807) is 0 Å². The van der Waals surface area contributed by atoms with Gasteiger partial charge in [-0.2, -0.15) is 11.8 Å². The summed E-state index contributed by atoms with van der Waals surface area (Å²) in [5.41, 5.74) is 0. The molecule has 0 aliphatic rings. The lowest BCUT2D eigenvalue weighted by Gasteiger charge is -2.12. The molecular weight excluding hydrogens is 198 g/mol. The molecule has 0 aliphatic carbocycles. The highest BCUT2D eigenvalue weighted by Gasteiger charge is 2.02. The van der Waals surface area contributed by atoms with Crippen molar-refractivity contribution >= 4 is 17.7 Å². The summed E-state index contributed by atoms with van der Waals surface area (Å²) < 4.78 is 4.55. The van der Waals surface area contributed by atoms with Crippen LogP contribution in [0.25, 0.3) is 0 Å². The number of hydrogen-bond acceptors (Lipinski definition) is 4. The van der Waals surface area contributed by atoms with Gasteiger partial charge in [-0.1, -0.05) is 0 Å². The molecule has 1 N–H and O–H groups in total. The lowest BCUT2D eigenvalue weighted by atomic mass is 10.2. The van der Waals surface area contributed by atoms with Crippen LogP contribution in [0, 0.1) is 0 Å². The maximum Gasteiger partial charge on any atom is 0.305 e. The monoisotopic (exact) mass is 219 g/mol. The molecule has 0 fully saturated rings. The van der Waals surface area contributed by atoms with Crippen molar-refractivity contribution in [3.8, 4) is 0 Å². The summed E-state index contributed by atoms with van der Waals surface area (Å²) in [5.74, 6) is 1.06. The molecule has 1 atom stereocenters. The molecule has 0 heterocycles. The van der Waals surface area contributed by atoms with E-state index in [4.69, 9.17) is 0 Å². The first-order valence-corrected chi connectivity index (χ1v) is 6.39. The molecule has 0 amide bonds. The van der Waals surface area contributed by atoms with E-state index in [1.165, 1.54) is 19.3 Å². The van der Waals surface area contributed by atoms with Crippen LogP contribution < -0.4 is 5.32 Å². The van der Waals surface area contributed by atoms with Crippen molar-refractivity contribution in [2.24, 2.45) is 0 Å². The molecule has 3 nitrogen and oxygen atoms in total. The summed E-state index contributed by atoms with van der Waals surface area (Å²) in [6, 6.07) is 0.542. The van der Waals surface area contributed by atoms with Crippen molar-refractivity contribution < 1.29 is 9.53 Å². The Bertz CT molecular complexity index is 153. The molecule has 0 rings (SSSR count). The number of ether oxygens (including phenoxy) is 1. The standard InChI is InChI=1S/C10H21NO2S/c1-9(6-8-14-3)11-7-4-5-10(12)13-2/h9,11H,4-8H2,1-3H3. The van der Waals surface area contributed by atoms with Crippen LogP contribution in [0.1, 0.15) is 26.2 Å². The quantitative estimate of drug-likeness (QED) is 0.498. The van der Waals surface area contributed by atoms with Crippen molar-refractivity contribution in [2.45, 2.75) is 32.2 Å². The fraction of sp³-hybridized carbons (Fsp3) is 0.900. The zero-order valence-electron chi connectivity index (χ0n) is 9.34. The fourth-order valence-corrected chi connectivity index (χ4v) is 1.67. The number of methoxy groups -OCH3 is 1. The van der Waals surface area contributed by atoms with Crippen molar-refractivity contribution in [1.29, 1.82) is 0 Å². The summed E-state index contributed by atoms with van der Waals surface area (Å²) in [6.07, 6.45) is 4.67. The second kappa shape index (κ2) is 9.34. The van der Waals surface area contributed by atoms with Gasteiger partial charge in [0.15, 0.2) is 0 Å². The predicted molar refractivity (Wildman–Crippen MR) is 61.7 cm³/mol. The first kappa shape index (κ1) is 13.8. The third kappa shape index (κ3) is 8.38. The SMILES string of the molecule is COC(=O)CCCNC(C)CCSC. The number of carbonyl (C=O) groups is 1. The van der Waals surface area contributed by atoms with E-state index in [0.29, 0.717) is 12.5 Å². The van der Waals surface area contributed by atoms with Gasteiger partial charge in [0.2, 0.25) is 0 Å². The van der Waals surface area contributed by atoms with Gasteiger partial charge in [-0.3, -0.25) is 4.79 Å². The van der Waals surface area contributed by atoms with Crippen LogP contribution in [0.5, 0.6) is 0 Å². The maximum atomic E-state index is 10.8. The molecule has 0 aromatic heterocycles. The van der Waals surface area contributed by atoms with Gasteiger partial charge in [-0.25, -0.2) is 0 Å². The Morgan fingerprint density at radius 3 is 2.86 bits per heavy atom. The zero-order chi connectivity index (χ0) is 10.8. The van der Waals surface area contributed by atoms with E-state index in [1.807, 2.05) is 11.8 Å². The van der Waals surface area contributed by atoms with Gasteiger partial charge in [-0.05, 0) is 38.3 Å². The largest absolute Gasteiger partial charge is 0.469 e. The molecule has 0 radical (unpaired) electrons. The molecule has 0 spiro atoms. The van der Waals surface area contributed by atoms with E-state index in [9.17, 15) is 4.79 Å². The highest BCUT2D eigenvalue weighted by Crippen LogP contribution is 2.00. The fourth-order valence-electron chi connectivity index (χ4n) is 1.08. The highest BCUT2D eigenvalue weighted by atomic mass is 32.2. The Balaban J connectivity index is 3.22. The normalized spacial score (nSPS) is 12.5. The minimum absolute atomic E-state index is 0.122. The average molecular weight is 219 g/mol. The molecule has 0 aromatic rings. The molecule has 1 unspecified atom stereocenters. The number of esters is 1. The second-order valence-electron chi connectivity index (χ2n) is 3.32. The van der Waals surface area contributed by atoms with Gasteiger partial charge in [0.25, 0.3) is 0 Å². The van der Waals surface area contributed by atoms with Gasteiger partial charge >= 0.3 is 5.97 Å². The maximum absolute atomic E-state index is 10.8. The zero-order valence-corrected chi connectivity index (χ0v) is 10.2. The second-order valence-corrected chi connectivity index (χ2v) is 4.30. The van der Waals surface area contributed by atoms with Crippen LogP contribution in [-0.4, -0.2) is 37.7 Å². The van der Waals surface area contributed by atoms with Crippen molar-refractivity contribution in [2.75, 3.05) is 25.7 Å². The highest BCUT2D eigenvalue weighted by molar-refractivity contribution is 7.98. The van der Waals surface area contributed by atoms with Crippen molar-refractivity contribution in [3.63, 3.8) is 0 Å². The molecular formula is C10H21NO2S. The number of rotatable bonds is 8. The van der Waals surface area contributed by atoms with E-state index in [0.717, 1.165) is 13.0 Å².